The van der Waals surface area contributed by atoms with Crippen LogP contribution in [0, 0.1) is 6.92 Å². The van der Waals surface area contributed by atoms with Gasteiger partial charge in [-0.2, -0.15) is 5.10 Å². The molecule has 2 N–H and O–H groups in total. The summed E-state index contributed by atoms with van der Waals surface area (Å²) in [5, 5.41) is 9.16. The van der Waals surface area contributed by atoms with Crippen molar-refractivity contribution in [1.82, 2.24) is 14.7 Å². The Hall–Kier alpha value is -2.19. The number of hydrogen-bond donors (Lipinski definition) is 1. The van der Waals surface area contributed by atoms with Crippen molar-refractivity contribution in [1.29, 1.82) is 0 Å². The van der Waals surface area contributed by atoms with E-state index in [1.165, 1.54) is 12.1 Å². The maximum atomic E-state index is 12.6. The first-order valence-corrected chi connectivity index (χ1v) is 8.56. The predicted molar refractivity (Wildman–Crippen MR) is 86.3 cm³/mol. The zero-order chi connectivity index (χ0) is 17.4. The monoisotopic (exact) mass is 336 g/mol. The number of amides is 1. The van der Waals surface area contributed by atoms with Gasteiger partial charge in [-0.15, -0.1) is 0 Å². The average molecular weight is 336 g/mol. The first kappa shape index (κ1) is 17.2. The highest BCUT2D eigenvalue weighted by molar-refractivity contribution is 7.89. The second-order valence-electron chi connectivity index (χ2n) is 5.47. The Morgan fingerprint density at radius 1 is 1.30 bits per heavy atom. The summed E-state index contributed by atoms with van der Waals surface area (Å²) >= 11 is 0. The molecule has 0 unspecified atom stereocenters. The molecule has 0 aliphatic heterocycles. The van der Waals surface area contributed by atoms with Crippen molar-refractivity contribution in [3.8, 4) is 0 Å². The maximum absolute atomic E-state index is 12.6. The largest absolute Gasteiger partial charge is 0.335 e. The van der Waals surface area contributed by atoms with E-state index in [1.54, 1.807) is 42.0 Å². The minimum Gasteiger partial charge on any atom is -0.335 e. The minimum absolute atomic E-state index is 0.0468. The molecular formula is C15H20N4O3S. The van der Waals surface area contributed by atoms with Gasteiger partial charge in [0.05, 0.1) is 22.7 Å². The number of hydrogen-bond acceptors (Lipinski definition) is 4. The topological polar surface area (TPSA) is 98.3 Å². The quantitative estimate of drug-likeness (QED) is 0.907. The highest BCUT2D eigenvalue weighted by Gasteiger charge is 2.22. The molecule has 0 saturated heterocycles. The summed E-state index contributed by atoms with van der Waals surface area (Å²) < 4.78 is 24.2. The van der Waals surface area contributed by atoms with Gasteiger partial charge in [-0.05, 0) is 31.5 Å². The van der Waals surface area contributed by atoms with Crippen LogP contribution in [-0.4, -0.2) is 36.1 Å². The first-order valence-electron chi connectivity index (χ1n) is 7.01. The molecule has 1 heterocycles. The molecular weight excluding hydrogens is 316 g/mol. The van der Waals surface area contributed by atoms with E-state index in [-0.39, 0.29) is 16.8 Å². The van der Waals surface area contributed by atoms with Crippen LogP contribution < -0.4 is 5.14 Å². The van der Waals surface area contributed by atoms with E-state index in [9.17, 15) is 13.2 Å². The van der Waals surface area contributed by atoms with Crippen molar-refractivity contribution in [2.45, 2.75) is 24.8 Å². The van der Waals surface area contributed by atoms with Crippen LogP contribution in [0.5, 0.6) is 0 Å². The normalized spacial score (nSPS) is 12.9. The molecule has 0 aliphatic rings. The van der Waals surface area contributed by atoms with Crippen molar-refractivity contribution in [2.24, 2.45) is 12.2 Å². The van der Waals surface area contributed by atoms with E-state index in [1.807, 2.05) is 13.8 Å². The number of primary sulfonamides is 1. The van der Waals surface area contributed by atoms with Crippen molar-refractivity contribution in [3.05, 3.63) is 47.3 Å². The number of nitrogens with zero attached hydrogens (tertiary/aromatic N) is 3. The molecule has 1 aromatic heterocycles. The Morgan fingerprint density at radius 2 is 1.87 bits per heavy atom. The summed E-state index contributed by atoms with van der Waals surface area (Å²) in [7, 11) is -0.239. The molecule has 0 spiro atoms. The van der Waals surface area contributed by atoms with Crippen LogP contribution in [0.25, 0.3) is 0 Å². The van der Waals surface area contributed by atoms with E-state index in [0.29, 0.717) is 5.56 Å². The third-order valence-corrected chi connectivity index (χ3v) is 4.99. The Balaban J connectivity index is 2.24. The lowest BCUT2D eigenvalue weighted by molar-refractivity contribution is 0.0741. The molecule has 0 fully saturated rings. The summed E-state index contributed by atoms with van der Waals surface area (Å²) in [6.07, 6.45) is 1.55. The fraction of sp³-hybridized carbons (Fsp3) is 0.333. The van der Waals surface area contributed by atoms with Crippen molar-refractivity contribution in [2.75, 3.05) is 7.05 Å². The lowest BCUT2D eigenvalue weighted by atomic mass is 10.1. The smallest absolute Gasteiger partial charge is 0.257 e. The summed E-state index contributed by atoms with van der Waals surface area (Å²) in [6, 6.07) is 5.97. The summed E-state index contributed by atoms with van der Waals surface area (Å²) in [5.41, 5.74) is 2.15. The average Bonchev–Trinajstić information content (AvgIpc) is 2.84. The SMILES string of the molecule is Cc1c(C(=O)N(C)[C@H](C)c2ccc(S(N)(=O)=O)cc2)cnn1C. The number of benzene rings is 1. The second kappa shape index (κ2) is 6.13. The zero-order valence-corrected chi connectivity index (χ0v) is 14.3. The molecule has 0 aliphatic carbocycles. The number of rotatable bonds is 4. The fourth-order valence-electron chi connectivity index (χ4n) is 2.23. The van der Waals surface area contributed by atoms with Crippen molar-refractivity contribution >= 4 is 15.9 Å². The summed E-state index contributed by atoms with van der Waals surface area (Å²) in [5.74, 6) is -0.140. The highest BCUT2D eigenvalue weighted by atomic mass is 32.2. The Kier molecular flexibility index (Phi) is 4.58. The molecule has 0 radical (unpaired) electrons. The van der Waals surface area contributed by atoms with Gasteiger partial charge in [0.15, 0.2) is 0 Å². The standard InChI is InChI=1S/C15H20N4O3S/c1-10(12-5-7-13(8-6-12)23(16,21)22)18(3)15(20)14-9-17-19(4)11(14)2/h5-10H,1-4H3,(H2,16,21,22)/t10-/m1/s1. The Bertz CT molecular complexity index is 825. The number of carbonyl (C=O) groups excluding carboxylic acids is 1. The lowest BCUT2D eigenvalue weighted by Gasteiger charge is -2.25. The molecule has 2 rings (SSSR count). The molecule has 8 heteroatoms. The van der Waals surface area contributed by atoms with Crippen LogP contribution in [0.2, 0.25) is 0 Å². The zero-order valence-electron chi connectivity index (χ0n) is 13.5. The number of sulfonamides is 1. The number of aryl methyl sites for hydroxylation is 1. The third-order valence-electron chi connectivity index (χ3n) is 4.06. The van der Waals surface area contributed by atoms with Gasteiger partial charge in [-0.3, -0.25) is 9.48 Å². The van der Waals surface area contributed by atoms with E-state index in [4.69, 9.17) is 5.14 Å². The van der Waals surface area contributed by atoms with Gasteiger partial charge in [0.25, 0.3) is 5.91 Å². The second-order valence-corrected chi connectivity index (χ2v) is 7.03. The lowest BCUT2D eigenvalue weighted by Crippen LogP contribution is -2.30. The fourth-order valence-corrected chi connectivity index (χ4v) is 2.75. The van der Waals surface area contributed by atoms with Gasteiger partial charge in [0.2, 0.25) is 10.0 Å². The predicted octanol–water partition coefficient (Wildman–Crippen LogP) is 1.21. The van der Waals surface area contributed by atoms with E-state index in [0.717, 1.165) is 11.3 Å². The van der Waals surface area contributed by atoms with Crippen molar-refractivity contribution < 1.29 is 13.2 Å². The van der Waals surface area contributed by atoms with Crippen LogP contribution in [0.15, 0.2) is 35.4 Å². The first-order chi connectivity index (χ1) is 10.6. The van der Waals surface area contributed by atoms with Crippen LogP contribution in [-0.2, 0) is 17.1 Å². The Morgan fingerprint density at radius 3 is 2.30 bits per heavy atom. The molecule has 1 amide bonds. The maximum Gasteiger partial charge on any atom is 0.257 e. The van der Waals surface area contributed by atoms with Gasteiger partial charge < -0.3 is 4.90 Å². The third kappa shape index (κ3) is 3.43. The van der Waals surface area contributed by atoms with E-state index < -0.39 is 10.0 Å². The van der Waals surface area contributed by atoms with Crippen LogP contribution in [0.1, 0.15) is 34.6 Å². The van der Waals surface area contributed by atoms with Crippen molar-refractivity contribution in [3.63, 3.8) is 0 Å². The highest BCUT2D eigenvalue weighted by Crippen LogP contribution is 2.22. The van der Waals surface area contributed by atoms with Gasteiger partial charge in [-0.1, -0.05) is 12.1 Å². The Labute approximate surface area is 135 Å². The van der Waals surface area contributed by atoms with Gasteiger partial charge >= 0.3 is 0 Å². The molecule has 1 atom stereocenters. The molecule has 0 bridgehead atoms. The van der Waals surface area contributed by atoms with Crippen LogP contribution in [0.3, 0.4) is 0 Å². The minimum atomic E-state index is -3.72. The van der Waals surface area contributed by atoms with Gasteiger partial charge in [0.1, 0.15) is 0 Å². The molecule has 124 valence electrons. The molecule has 7 nitrogen and oxygen atoms in total. The summed E-state index contributed by atoms with van der Waals surface area (Å²) in [4.78, 5) is 14.2. The molecule has 0 saturated carbocycles. The van der Waals surface area contributed by atoms with Crippen LogP contribution >= 0.6 is 0 Å². The molecule has 1 aromatic carbocycles. The molecule has 23 heavy (non-hydrogen) atoms. The molecule has 2 aromatic rings. The van der Waals surface area contributed by atoms with Gasteiger partial charge in [-0.25, -0.2) is 13.6 Å². The van der Waals surface area contributed by atoms with Crippen LogP contribution in [0.4, 0.5) is 0 Å². The summed E-state index contributed by atoms with van der Waals surface area (Å²) in [6.45, 7) is 3.70. The van der Waals surface area contributed by atoms with Gasteiger partial charge in [0, 0.05) is 19.8 Å². The van der Waals surface area contributed by atoms with E-state index in [2.05, 4.69) is 5.10 Å². The number of carbonyl (C=O) groups is 1. The number of aromatic nitrogens is 2. The van der Waals surface area contributed by atoms with E-state index >= 15 is 0 Å². The number of nitrogens with two attached hydrogens (primary N) is 1.